The summed E-state index contributed by atoms with van der Waals surface area (Å²) in [6.07, 6.45) is 93.1. The van der Waals surface area contributed by atoms with Crippen LogP contribution in [-0.2, 0) is 14.3 Å². The quantitative estimate of drug-likeness (QED) is 0.0320. The number of hydrogen-bond donors (Lipinski definition) is 3. The molecule has 2 unspecified atom stereocenters. The first-order chi connectivity index (χ1) is 40.5. The molecule has 82 heavy (non-hydrogen) atoms. The Balaban J connectivity index is 3.42. The van der Waals surface area contributed by atoms with Crippen LogP contribution in [0.15, 0.2) is 48.6 Å². The van der Waals surface area contributed by atoms with Crippen LogP contribution in [0.1, 0.15) is 399 Å². The summed E-state index contributed by atoms with van der Waals surface area (Å²) in [5, 5.41) is 23.4. The number of unbranched alkanes of at least 4 members (excludes halogenated alkanes) is 50. The van der Waals surface area contributed by atoms with Crippen molar-refractivity contribution in [3.8, 4) is 0 Å². The number of aliphatic hydroxyl groups is 2. The summed E-state index contributed by atoms with van der Waals surface area (Å²) in [6.45, 7) is 4.96. The molecule has 0 fully saturated rings. The molecule has 482 valence electrons. The Morgan fingerprint density at radius 3 is 0.939 bits per heavy atom. The van der Waals surface area contributed by atoms with Gasteiger partial charge in [-0.25, -0.2) is 0 Å². The molecule has 3 N–H and O–H groups in total. The lowest BCUT2D eigenvalue weighted by Gasteiger charge is -2.22. The van der Waals surface area contributed by atoms with Crippen molar-refractivity contribution in [3.05, 3.63) is 48.6 Å². The van der Waals surface area contributed by atoms with Crippen LogP contribution in [0.5, 0.6) is 0 Å². The Morgan fingerprint density at radius 2 is 0.610 bits per heavy atom. The number of ether oxygens (including phenoxy) is 1. The van der Waals surface area contributed by atoms with Crippen LogP contribution in [0.2, 0.25) is 0 Å². The van der Waals surface area contributed by atoms with E-state index >= 15 is 0 Å². The predicted octanol–water partition coefficient (Wildman–Crippen LogP) is 24.0. The standard InChI is InChI=1S/C76H143NO5/c1-3-5-7-9-11-13-15-17-19-21-23-33-36-40-44-48-52-56-60-64-68-74(79)73(72-78)77-75(80)69-65-61-57-53-49-45-41-37-34-31-29-27-25-24-26-28-30-32-35-39-43-47-51-55-59-63-67-71-82-76(81)70-66-62-58-54-50-46-42-38-22-20-18-16-14-12-10-8-6-4-2/h14,16,20,22,24-25,28,30,73-74,78-79H,3-13,15,17-19,21,23,26-27,29,31-72H2,1-2H3,(H,77,80)/b16-14-,22-20-,25-24-,30-28-. The van der Waals surface area contributed by atoms with Gasteiger partial charge in [0.05, 0.1) is 25.4 Å². The first-order valence-electron chi connectivity index (χ1n) is 36.9. The number of hydrogen-bond acceptors (Lipinski definition) is 5. The van der Waals surface area contributed by atoms with E-state index in [1.165, 1.54) is 308 Å². The molecule has 0 aromatic carbocycles. The van der Waals surface area contributed by atoms with E-state index in [9.17, 15) is 19.8 Å². The molecule has 0 saturated heterocycles. The molecule has 0 aromatic rings. The van der Waals surface area contributed by atoms with Crippen molar-refractivity contribution in [2.75, 3.05) is 13.2 Å². The molecule has 6 heteroatoms. The Hall–Kier alpha value is -2.18. The van der Waals surface area contributed by atoms with E-state index < -0.39 is 12.1 Å². The van der Waals surface area contributed by atoms with Gasteiger partial charge in [0, 0.05) is 12.8 Å². The highest BCUT2D eigenvalue weighted by Gasteiger charge is 2.20. The fourth-order valence-electron chi connectivity index (χ4n) is 11.5. The van der Waals surface area contributed by atoms with Crippen molar-refractivity contribution in [1.29, 1.82) is 0 Å². The molecule has 0 heterocycles. The molecule has 0 radical (unpaired) electrons. The summed E-state index contributed by atoms with van der Waals surface area (Å²) < 4.78 is 5.50. The number of carbonyl (C=O) groups excluding carboxylic acids is 2. The predicted molar refractivity (Wildman–Crippen MR) is 361 cm³/mol. The van der Waals surface area contributed by atoms with E-state index in [0.29, 0.717) is 25.9 Å². The van der Waals surface area contributed by atoms with E-state index in [0.717, 1.165) is 57.8 Å². The lowest BCUT2D eigenvalue weighted by atomic mass is 10.0. The van der Waals surface area contributed by atoms with Crippen molar-refractivity contribution >= 4 is 11.9 Å². The fraction of sp³-hybridized carbons (Fsp3) is 0.868. The fourth-order valence-corrected chi connectivity index (χ4v) is 11.5. The Kier molecular flexibility index (Phi) is 69.4. The molecule has 0 aromatic heterocycles. The normalized spacial score (nSPS) is 12.8. The van der Waals surface area contributed by atoms with Gasteiger partial charge in [-0.05, 0) is 89.9 Å². The van der Waals surface area contributed by atoms with E-state index in [4.69, 9.17) is 4.74 Å². The maximum Gasteiger partial charge on any atom is 0.305 e. The van der Waals surface area contributed by atoms with Crippen LogP contribution >= 0.6 is 0 Å². The summed E-state index contributed by atoms with van der Waals surface area (Å²) in [7, 11) is 0. The molecule has 0 spiro atoms. The lowest BCUT2D eigenvalue weighted by Crippen LogP contribution is -2.45. The third-order valence-electron chi connectivity index (χ3n) is 17.1. The molecular formula is C76H143NO5. The Morgan fingerprint density at radius 1 is 0.341 bits per heavy atom. The van der Waals surface area contributed by atoms with Crippen molar-refractivity contribution in [3.63, 3.8) is 0 Å². The largest absolute Gasteiger partial charge is 0.466 e. The SMILES string of the molecule is CCCCCC/C=C\C/C=C\CCCCCCCCCC(=O)OCCCCCCCCCCC/C=C\C/C=C\CCCCCCCCCCCCCC(=O)NC(CO)C(O)CCCCCCCCCCCCCCCCCCCCCC. The molecule has 0 aliphatic heterocycles. The van der Waals surface area contributed by atoms with E-state index in [1.54, 1.807) is 0 Å². The molecule has 1 amide bonds. The highest BCUT2D eigenvalue weighted by molar-refractivity contribution is 5.76. The highest BCUT2D eigenvalue weighted by Crippen LogP contribution is 2.19. The third kappa shape index (κ3) is 67.0. The smallest absolute Gasteiger partial charge is 0.305 e. The second kappa shape index (κ2) is 71.3. The minimum absolute atomic E-state index is 0.00370. The molecule has 2 atom stereocenters. The summed E-state index contributed by atoms with van der Waals surface area (Å²) in [4.78, 5) is 24.6. The van der Waals surface area contributed by atoms with Gasteiger partial charge in [0.25, 0.3) is 0 Å². The number of allylic oxidation sites excluding steroid dienone is 8. The topological polar surface area (TPSA) is 95.9 Å². The van der Waals surface area contributed by atoms with Gasteiger partial charge in [-0.15, -0.1) is 0 Å². The van der Waals surface area contributed by atoms with Gasteiger partial charge in [0.15, 0.2) is 0 Å². The summed E-state index contributed by atoms with van der Waals surface area (Å²) >= 11 is 0. The van der Waals surface area contributed by atoms with E-state index in [2.05, 4.69) is 67.8 Å². The molecule has 0 bridgehead atoms. The zero-order valence-electron chi connectivity index (χ0n) is 55.2. The number of nitrogens with one attached hydrogen (secondary N) is 1. The van der Waals surface area contributed by atoms with Gasteiger partial charge in [0.2, 0.25) is 5.91 Å². The van der Waals surface area contributed by atoms with Crippen LogP contribution in [-0.4, -0.2) is 47.4 Å². The van der Waals surface area contributed by atoms with Crippen LogP contribution in [0.25, 0.3) is 0 Å². The first kappa shape index (κ1) is 79.8. The van der Waals surface area contributed by atoms with E-state index in [-0.39, 0.29) is 18.5 Å². The average molecular weight is 1150 g/mol. The number of rotatable bonds is 69. The van der Waals surface area contributed by atoms with Crippen LogP contribution in [0.3, 0.4) is 0 Å². The van der Waals surface area contributed by atoms with Crippen molar-refractivity contribution in [2.24, 2.45) is 0 Å². The zero-order chi connectivity index (χ0) is 59.2. The third-order valence-corrected chi connectivity index (χ3v) is 17.1. The molecular weight excluding hydrogens is 1010 g/mol. The molecule has 0 aliphatic rings. The summed E-state index contributed by atoms with van der Waals surface area (Å²) in [6, 6.07) is -0.546. The first-order valence-corrected chi connectivity index (χ1v) is 36.9. The van der Waals surface area contributed by atoms with Gasteiger partial charge < -0.3 is 20.3 Å². The molecule has 0 rings (SSSR count). The second-order valence-corrected chi connectivity index (χ2v) is 25.3. The van der Waals surface area contributed by atoms with Gasteiger partial charge in [-0.3, -0.25) is 9.59 Å². The molecule has 0 saturated carbocycles. The van der Waals surface area contributed by atoms with E-state index in [1.807, 2.05) is 0 Å². The Labute approximate surface area is 512 Å². The second-order valence-electron chi connectivity index (χ2n) is 25.3. The van der Waals surface area contributed by atoms with Crippen LogP contribution < -0.4 is 5.32 Å². The van der Waals surface area contributed by atoms with Crippen LogP contribution in [0.4, 0.5) is 0 Å². The average Bonchev–Trinajstić information content (AvgIpc) is 3.48. The number of carbonyl (C=O) groups is 2. The minimum atomic E-state index is -0.668. The van der Waals surface area contributed by atoms with Gasteiger partial charge >= 0.3 is 5.97 Å². The van der Waals surface area contributed by atoms with Gasteiger partial charge in [-0.1, -0.05) is 345 Å². The van der Waals surface area contributed by atoms with Crippen molar-refractivity contribution in [1.82, 2.24) is 5.32 Å². The van der Waals surface area contributed by atoms with Gasteiger partial charge in [-0.2, -0.15) is 0 Å². The summed E-state index contributed by atoms with van der Waals surface area (Å²) in [5.41, 5.74) is 0. The van der Waals surface area contributed by atoms with Crippen molar-refractivity contribution < 1.29 is 24.5 Å². The number of amides is 1. The van der Waals surface area contributed by atoms with Crippen molar-refractivity contribution in [2.45, 2.75) is 411 Å². The maximum atomic E-state index is 12.5. The number of esters is 1. The summed E-state index contributed by atoms with van der Waals surface area (Å²) in [5.74, 6) is -0.0310. The van der Waals surface area contributed by atoms with Gasteiger partial charge in [0.1, 0.15) is 0 Å². The zero-order valence-corrected chi connectivity index (χ0v) is 55.2. The van der Waals surface area contributed by atoms with Crippen LogP contribution in [0, 0.1) is 0 Å². The monoisotopic (exact) mass is 1150 g/mol. The molecule has 0 aliphatic carbocycles. The maximum absolute atomic E-state index is 12.5. The highest BCUT2D eigenvalue weighted by atomic mass is 16.5. The number of aliphatic hydroxyl groups excluding tert-OH is 2. The Bertz CT molecular complexity index is 1370. The minimum Gasteiger partial charge on any atom is -0.466 e. The molecule has 6 nitrogen and oxygen atoms in total. The lowest BCUT2D eigenvalue weighted by molar-refractivity contribution is -0.143.